The maximum atomic E-state index is 13.8. The molecule has 1 aliphatic rings. The van der Waals surface area contributed by atoms with Crippen LogP contribution in [0.2, 0.25) is 0 Å². The van der Waals surface area contributed by atoms with Crippen molar-refractivity contribution < 1.29 is 8.81 Å². The minimum absolute atomic E-state index is 0.0614. The molecule has 27 heavy (non-hydrogen) atoms. The van der Waals surface area contributed by atoms with Crippen molar-refractivity contribution >= 4 is 5.96 Å². The summed E-state index contributed by atoms with van der Waals surface area (Å²) in [5, 5.41) is 6.69. The Balaban J connectivity index is 1.66. The SMILES string of the molecule is CN=C(NCc1nc(C)c(C)o1)NCC1(c2cccc(F)c2)CCCCC1. The molecule has 0 radical (unpaired) electrons. The van der Waals surface area contributed by atoms with Gasteiger partial charge in [0.05, 0.1) is 12.2 Å². The van der Waals surface area contributed by atoms with Crippen molar-refractivity contribution in [3.8, 4) is 0 Å². The lowest BCUT2D eigenvalue weighted by molar-refractivity contribution is 0.290. The smallest absolute Gasteiger partial charge is 0.214 e. The molecule has 5 nitrogen and oxygen atoms in total. The first kappa shape index (κ1) is 19.4. The highest BCUT2D eigenvalue weighted by Crippen LogP contribution is 2.39. The summed E-state index contributed by atoms with van der Waals surface area (Å²) in [5.41, 5.74) is 1.92. The molecule has 1 fully saturated rings. The zero-order valence-corrected chi connectivity index (χ0v) is 16.4. The van der Waals surface area contributed by atoms with Gasteiger partial charge in [-0.2, -0.15) is 0 Å². The van der Waals surface area contributed by atoms with Crippen molar-refractivity contribution in [3.05, 3.63) is 53.0 Å². The predicted molar refractivity (Wildman–Crippen MR) is 105 cm³/mol. The molecule has 2 aromatic rings. The van der Waals surface area contributed by atoms with Crippen LogP contribution in [0.4, 0.5) is 4.39 Å². The Labute approximate surface area is 160 Å². The van der Waals surface area contributed by atoms with Crippen LogP contribution >= 0.6 is 0 Å². The number of nitrogens with one attached hydrogen (secondary N) is 2. The summed E-state index contributed by atoms with van der Waals surface area (Å²) in [6.07, 6.45) is 5.68. The van der Waals surface area contributed by atoms with Gasteiger partial charge in [-0.1, -0.05) is 31.4 Å². The van der Waals surface area contributed by atoms with Crippen LogP contribution in [0.25, 0.3) is 0 Å². The summed E-state index contributed by atoms with van der Waals surface area (Å²) >= 11 is 0. The molecule has 2 N–H and O–H groups in total. The molecule has 6 heteroatoms. The first-order valence-corrected chi connectivity index (χ1v) is 9.66. The third-order valence-corrected chi connectivity index (χ3v) is 5.55. The molecule has 1 aromatic heterocycles. The molecule has 0 amide bonds. The van der Waals surface area contributed by atoms with E-state index in [0.29, 0.717) is 18.4 Å². The molecule has 0 unspecified atom stereocenters. The van der Waals surface area contributed by atoms with E-state index < -0.39 is 0 Å². The number of aliphatic imine (C=N–C) groups is 1. The van der Waals surface area contributed by atoms with Crippen LogP contribution < -0.4 is 10.6 Å². The van der Waals surface area contributed by atoms with Gasteiger partial charge in [0.1, 0.15) is 11.6 Å². The molecule has 1 heterocycles. The van der Waals surface area contributed by atoms with Crippen LogP contribution in [-0.4, -0.2) is 24.5 Å². The molecule has 0 aliphatic heterocycles. The zero-order chi connectivity index (χ0) is 19.3. The van der Waals surface area contributed by atoms with Gasteiger partial charge in [-0.15, -0.1) is 0 Å². The lowest BCUT2D eigenvalue weighted by atomic mass is 9.69. The predicted octanol–water partition coefficient (Wildman–Crippen LogP) is 4.00. The Hall–Kier alpha value is -2.37. The van der Waals surface area contributed by atoms with Crippen LogP contribution in [0.1, 0.15) is 55.0 Å². The third kappa shape index (κ3) is 4.67. The largest absolute Gasteiger partial charge is 0.444 e. The standard InChI is InChI=1S/C21H29FN4O/c1-15-16(2)27-19(26-15)13-24-20(23-3)25-14-21(10-5-4-6-11-21)17-8-7-9-18(22)12-17/h7-9,12H,4-6,10-11,13-14H2,1-3H3,(H2,23,24,25). The molecule has 3 rings (SSSR count). The molecule has 1 saturated carbocycles. The number of halogens is 1. The van der Waals surface area contributed by atoms with E-state index in [-0.39, 0.29) is 11.2 Å². The third-order valence-electron chi connectivity index (χ3n) is 5.55. The summed E-state index contributed by atoms with van der Waals surface area (Å²) in [4.78, 5) is 8.69. The number of benzene rings is 1. The van der Waals surface area contributed by atoms with Crippen molar-refractivity contribution in [3.63, 3.8) is 0 Å². The molecular formula is C21H29FN4O. The van der Waals surface area contributed by atoms with Crippen LogP contribution in [0.15, 0.2) is 33.7 Å². The second kappa shape index (κ2) is 8.55. The van der Waals surface area contributed by atoms with Crippen LogP contribution in [0.3, 0.4) is 0 Å². The Morgan fingerprint density at radius 1 is 1.22 bits per heavy atom. The van der Waals surface area contributed by atoms with Gasteiger partial charge in [-0.3, -0.25) is 4.99 Å². The van der Waals surface area contributed by atoms with Gasteiger partial charge in [0.2, 0.25) is 5.89 Å². The van der Waals surface area contributed by atoms with Crippen molar-refractivity contribution in [2.45, 2.75) is 57.9 Å². The highest BCUT2D eigenvalue weighted by Gasteiger charge is 2.34. The maximum absolute atomic E-state index is 13.8. The van der Waals surface area contributed by atoms with E-state index >= 15 is 0 Å². The maximum Gasteiger partial charge on any atom is 0.214 e. The van der Waals surface area contributed by atoms with Crippen molar-refractivity contribution in [2.24, 2.45) is 4.99 Å². The second-order valence-corrected chi connectivity index (χ2v) is 7.38. The highest BCUT2D eigenvalue weighted by molar-refractivity contribution is 5.79. The number of nitrogens with zero attached hydrogens (tertiary/aromatic N) is 2. The summed E-state index contributed by atoms with van der Waals surface area (Å²) in [6, 6.07) is 7.04. The van der Waals surface area contributed by atoms with Crippen LogP contribution in [0.5, 0.6) is 0 Å². The number of hydrogen-bond acceptors (Lipinski definition) is 3. The summed E-state index contributed by atoms with van der Waals surface area (Å²) in [5.74, 6) is 2.01. The zero-order valence-electron chi connectivity index (χ0n) is 16.4. The monoisotopic (exact) mass is 372 g/mol. The Kier molecular flexibility index (Phi) is 6.14. The van der Waals surface area contributed by atoms with Gasteiger partial charge in [0, 0.05) is 19.0 Å². The van der Waals surface area contributed by atoms with E-state index in [1.165, 1.54) is 25.3 Å². The van der Waals surface area contributed by atoms with E-state index in [0.717, 1.165) is 36.4 Å². The number of aromatic nitrogens is 1. The van der Waals surface area contributed by atoms with Crippen LogP contribution in [-0.2, 0) is 12.0 Å². The van der Waals surface area contributed by atoms with E-state index in [1.54, 1.807) is 19.2 Å². The molecule has 0 atom stereocenters. The quantitative estimate of drug-likeness (QED) is 0.615. The van der Waals surface area contributed by atoms with E-state index in [1.807, 2.05) is 19.9 Å². The Morgan fingerprint density at radius 2 is 2.00 bits per heavy atom. The number of rotatable bonds is 5. The lowest BCUT2D eigenvalue weighted by Gasteiger charge is -2.38. The molecule has 1 aromatic carbocycles. The molecule has 0 saturated heterocycles. The fourth-order valence-electron chi connectivity index (χ4n) is 3.86. The Bertz CT molecular complexity index is 774. The average molecular weight is 372 g/mol. The van der Waals surface area contributed by atoms with Crippen LogP contribution in [0, 0.1) is 19.7 Å². The number of guanidine groups is 1. The topological polar surface area (TPSA) is 62.5 Å². The van der Waals surface area contributed by atoms with Gasteiger partial charge in [-0.05, 0) is 44.4 Å². The van der Waals surface area contributed by atoms with E-state index in [4.69, 9.17) is 4.42 Å². The van der Waals surface area contributed by atoms with Crippen molar-refractivity contribution in [1.82, 2.24) is 15.6 Å². The average Bonchev–Trinajstić information content (AvgIpc) is 3.00. The molecular weight excluding hydrogens is 343 g/mol. The minimum atomic E-state index is -0.172. The summed E-state index contributed by atoms with van der Waals surface area (Å²) in [7, 11) is 1.75. The van der Waals surface area contributed by atoms with Crippen molar-refractivity contribution in [2.75, 3.05) is 13.6 Å². The lowest BCUT2D eigenvalue weighted by Crippen LogP contribution is -2.46. The normalized spacial score (nSPS) is 17.0. The first-order valence-electron chi connectivity index (χ1n) is 9.66. The molecule has 0 bridgehead atoms. The van der Waals surface area contributed by atoms with Gasteiger partial charge in [0.15, 0.2) is 5.96 Å². The summed E-state index contributed by atoms with van der Waals surface area (Å²) in [6.45, 7) is 5.03. The fraction of sp³-hybridized carbons (Fsp3) is 0.524. The summed E-state index contributed by atoms with van der Waals surface area (Å²) < 4.78 is 19.4. The Morgan fingerprint density at radius 3 is 2.63 bits per heavy atom. The van der Waals surface area contributed by atoms with Gasteiger partial charge >= 0.3 is 0 Å². The minimum Gasteiger partial charge on any atom is -0.444 e. The number of aryl methyl sites for hydroxylation is 2. The van der Waals surface area contributed by atoms with Gasteiger partial charge < -0.3 is 15.1 Å². The second-order valence-electron chi connectivity index (χ2n) is 7.38. The molecule has 1 aliphatic carbocycles. The van der Waals surface area contributed by atoms with E-state index in [9.17, 15) is 4.39 Å². The van der Waals surface area contributed by atoms with E-state index in [2.05, 4.69) is 20.6 Å². The number of oxazole rings is 1. The molecule has 0 spiro atoms. The molecule has 146 valence electrons. The fourth-order valence-corrected chi connectivity index (χ4v) is 3.86. The van der Waals surface area contributed by atoms with Gasteiger partial charge in [-0.25, -0.2) is 9.37 Å². The highest BCUT2D eigenvalue weighted by atomic mass is 19.1. The first-order chi connectivity index (χ1) is 13.0. The van der Waals surface area contributed by atoms with Gasteiger partial charge in [0.25, 0.3) is 0 Å². The van der Waals surface area contributed by atoms with Crippen molar-refractivity contribution in [1.29, 1.82) is 0 Å². The number of hydrogen-bond donors (Lipinski definition) is 2.